The van der Waals surface area contributed by atoms with Gasteiger partial charge in [-0.05, 0) is 97.3 Å². The lowest BCUT2D eigenvalue weighted by atomic mass is 10.0. The van der Waals surface area contributed by atoms with Crippen LogP contribution in [0.3, 0.4) is 0 Å². The van der Waals surface area contributed by atoms with Gasteiger partial charge in [-0.15, -0.1) is 0 Å². The highest BCUT2D eigenvalue weighted by atomic mass is 16.5. The van der Waals surface area contributed by atoms with Gasteiger partial charge in [-0.1, -0.05) is 70.7 Å². The molecule has 0 bridgehead atoms. The van der Waals surface area contributed by atoms with E-state index in [2.05, 4.69) is 26.8 Å². The predicted octanol–water partition coefficient (Wildman–Crippen LogP) is 9.64. The first-order valence-corrected chi connectivity index (χ1v) is 14.1. The third kappa shape index (κ3) is 10.1. The lowest BCUT2D eigenvalue weighted by Gasteiger charge is -2.10. The van der Waals surface area contributed by atoms with Gasteiger partial charge in [0.2, 0.25) is 0 Å². The summed E-state index contributed by atoms with van der Waals surface area (Å²) in [6.07, 6.45) is 13.3. The average molecular weight is 515 g/mol. The van der Waals surface area contributed by atoms with Crippen molar-refractivity contribution in [2.75, 3.05) is 6.61 Å². The molecule has 0 radical (unpaired) electrons. The smallest absolute Gasteiger partial charge is 0.343 e. The highest BCUT2D eigenvalue weighted by Gasteiger charge is 2.10. The van der Waals surface area contributed by atoms with Crippen LogP contribution in [0.15, 0.2) is 85.1 Å². The van der Waals surface area contributed by atoms with Gasteiger partial charge in [0.1, 0.15) is 17.2 Å². The molecule has 3 aromatic carbocycles. The van der Waals surface area contributed by atoms with Crippen molar-refractivity contribution in [2.24, 2.45) is 5.92 Å². The maximum absolute atomic E-state index is 12.6. The van der Waals surface area contributed by atoms with Crippen molar-refractivity contribution in [3.05, 3.63) is 90.7 Å². The van der Waals surface area contributed by atoms with Gasteiger partial charge in [0.25, 0.3) is 0 Å². The minimum absolute atomic E-state index is 0.385. The standard InChI is InChI=1S/C34H42O4/c1-4-6-7-8-9-10-25-36-31-19-17-29(18-20-31)28-13-15-30(16-14-28)34(35)38-33-23-21-32(22-24-33)37-26-11-12-27(3)5-2/h10,13-25,27H,4-9,11-12,26H2,1-3H3. The molecule has 202 valence electrons. The minimum atomic E-state index is -0.385. The molecule has 0 fully saturated rings. The summed E-state index contributed by atoms with van der Waals surface area (Å²) in [4.78, 5) is 12.6. The Hall–Kier alpha value is -3.53. The predicted molar refractivity (Wildman–Crippen MR) is 156 cm³/mol. The molecular formula is C34H42O4. The maximum atomic E-state index is 12.6. The van der Waals surface area contributed by atoms with Gasteiger partial charge < -0.3 is 14.2 Å². The van der Waals surface area contributed by atoms with E-state index in [1.165, 1.54) is 38.5 Å². The first-order chi connectivity index (χ1) is 18.6. The number of carbonyl (C=O) groups is 1. The number of esters is 1. The van der Waals surface area contributed by atoms with Crippen LogP contribution in [-0.2, 0) is 0 Å². The summed E-state index contributed by atoms with van der Waals surface area (Å²) in [5, 5.41) is 0. The van der Waals surface area contributed by atoms with Gasteiger partial charge in [-0.3, -0.25) is 0 Å². The second kappa shape index (κ2) is 16.3. The minimum Gasteiger partial charge on any atom is -0.494 e. The molecule has 0 aliphatic heterocycles. The molecule has 0 aliphatic rings. The lowest BCUT2D eigenvalue weighted by molar-refractivity contribution is 0.0734. The molecule has 1 atom stereocenters. The van der Waals surface area contributed by atoms with Gasteiger partial charge in [0.05, 0.1) is 18.4 Å². The number of hydrogen-bond acceptors (Lipinski definition) is 4. The monoisotopic (exact) mass is 514 g/mol. The van der Waals surface area contributed by atoms with Crippen molar-refractivity contribution >= 4 is 5.97 Å². The zero-order chi connectivity index (χ0) is 27.0. The number of benzene rings is 3. The summed E-state index contributed by atoms with van der Waals surface area (Å²) in [7, 11) is 0. The summed E-state index contributed by atoms with van der Waals surface area (Å²) in [6, 6.07) is 22.6. The van der Waals surface area contributed by atoms with E-state index in [1.54, 1.807) is 30.5 Å². The number of ether oxygens (including phenoxy) is 3. The molecule has 1 unspecified atom stereocenters. The number of carbonyl (C=O) groups excluding carboxylic acids is 1. The Kier molecular flexibility index (Phi) is 12.5. The van der Waals surface area contributed by atoms with Crippen LogP contribution in [0.5, 0.6) is 17.2 Å². The van der Waals surface area contributed by atoms with Crippen LogP contribution in [0.4, 0.5) is 0 Å². The Morgan fingerprint density at radius 3 is 2.05 bits per heavy atom. The fourth-order valence-electron chi connectivity index (χ4n) is 4.00. The molecular weight excluding hydrogens is 472 g/mol. The summed E-state index contributed by atoms with van der Waals surface area (Å²) < 4.78 is 17.0. The molecule has 0 N–H and O–H groups in total. The molecule has 38 heavy (non-hydrogen) atoms. The van der Waals surface area contributed by atoms with Crippen molar-refractivity contribution in [1.82, 2.24) is 0 Å². The number of hydrogen-bond donors (Lipinski definition) is 0. The third-order valence-electron chi connectivity index (χ3n) is 6.67. The summed E-state index contributed by atoms with van der Waals surface area (Å²) in [6.45, 7) is 7.39. The zero-order valence-corrected chi connectivity index (χ0v) is 23.2. The van der Waals surface area contributed by atoms with Crippen molar-refractivity contribution in [2.45, 2.75) is 72.1 Å². The first kappa shape index (κ1) is 29.0. The highest BCUT2D eigenvalue weighted by molar-refractivity contribution is 5.91. The summed E-state index contributed by atoms with van der Waals surface area (Å²) in [5.74, 6) is 2.43. The quantitative estimate of drug-likeness (QED) is 0.0826. The number of rotatable bonds is 16. The van der Waals surface area contributed by atoms with Crippen molar-refractivity contribution in [1.29, 1.82) is 0 Å². The molecule has 0 amide bonds. The van der Waals surface area contributed by atoms with Gasteiger partial charge >= 0.3 is 5.97 Å². The Labute approximate surface area is 228 Å². The molecule has 4 heteroatoms. The van der Waals surface area contributed by atoms with Crippen LogP contribution in [0, 0.1) is 5.92 Å². The molecule has 0 aromatic heterocycles. The van der Waals surface area contributed by atoms with Crippen molar-refractivity contribution in [3.8, 4) is 28.4 Å². The van der Waals surface area contributed by atoms with Crippen LogP contribution in [0.25, 0.3) is 11.1 Å². The fraction of sp³-hybridized carbons (Fsp3) is 0.382. The van der Waals surface area contributed by atoms with Crippen molar-refractivity contribution in [3.63, 3.8) is 0 Å². The molecule has 3 aromatic rings. The second-order valence-electron chi connectivity index (χ2n) is 9.81. The van der Waals surface area contributed by atoms with E-state index < -0.39 is 0 Å². The van der Waals surface area contributed by atoms with Gasteiger partial charge in [-0.2, -0.15) is 0 Å². The average Bonchev–Trinajstić information content (AvgIpc) is 2.96. The van der Waals surface area contributed by atoms with Crippen LogP contribution < -0.4 is 14.2 Å². The molecule has 0 saturated heterocycles. The molecule has 0 heterocycles. The van der Waals surface area contributed by atoms with Crippen LogP contribution >= 0.6 is 0 Å². The topological polar surface area (TPSA) is 44.8 Å². The summed E-state index contributed by atoms with van der Waals surface area (Å²) in [5.41, 5.74) is 2.58. The molecule has 0 spiro atoms. The molecule has 3 rings (SSSR count). The van der Waals surface area contributed by atoms with Crippen molar-refractivity contribution < 1.29 is 19.0 Å². The zero-order valence-electron chi connectivity index (χ0n) is 23.2. The fourth-order valence-corrected chi connectivity index (χ4v) is 4.00. The molecule has 0 saturated carbocycles. The van der Waals surface area contributed by atoms with E-state index >= 15 is 0 Å². The van der Waals surface area contributed by atoms with Crippen LogP contribution in [0.2, 0.25) is 0 Å². The maximum Gasteiger partial charge on any atom is 0.343 e. The largest absolute Gasteiger partial charge is 0.494 e. The Bertz CT molecular complexity index is 1100. The normalized spacial score (nSPS) is 11.9. The van der Waals surface area contributed by atoms with Crippen LogP contribution in [0.1, 0.15) is 82.5 Å². The highest BCUT2D eigenvalue weighted by Crippen LogP contribution is 2.24. The van der Waals surface area contributed by atoms with E-state index in [0.29, 0.717) is 17.9 Å². The van der Waals surface area contributed by atoms with E-state index in [-0.39, 0.29) is 5.97 Å². The molecule has 4 nitrogen and oxygen atoms in total. The number of unbranched alkanes of at least 4 members (excludes halogenated alkanes) is 4. The van der Waals surface area contributed by atoms with E-state index in [0.717, 1.165) is 41.4 Å². The van der Waals surface area contributed by atoms with E-state index in [4.69, 9.17) is 14.2 Å². The first-order valence-electron chi connectivity index (χ1n) is 14.1. The third-order valence-corrected chi connectivity index (χ3v) is 6.67. The second-order valence-corrected chi connectivity index (χ2v) is 9.81. The van der Waals surface area contributed by atoms with Gasteiger partial charge in [0.15, 0.2) is 0 Å². The Morgan fingerprint density at radius 1 is 0.763 bits per heavy atom. The number of allylic oxidation sites excluding steroid dienone is 1. The van der Waals surface area contributed by atoms with E-state index in [9.17, 15) is 4.79 Å². The van der Waals surface area contributed by atoms with Gasteiger partial charge in [-0.25, -0.2) is 4.79 Å². The molecule has 0 aliphatic carbocycles. The van der Waals surface area contributed by atoms with Crippen LogP contribution in [-0.4, -0.2) is 12.6 Å². The summed E-state index contributed by atoms with van der Waals surface area (Å²) >= 11 is 0. The van der Waals surface area contributed by atoms with Gasteiger partial charge in [0, 0.05) is 0 Å². The Morgan fingerprint density at radius 2 is 1.39 bits per heavy atom. The lowest BCUT2D eigenvalue weighted by Crippen LogP contribution is -2.08. The van der Waals surface area contributed by atoms with E-state index in [1.807, 2.05) is 48.5 Å². The Balaban J connectivity index is 1.45. The SMILES string of the molecule is CCCCCCC=COc1ccc(-c2ccc(C(=O)Oc3ccc(OCCCC(C)CC)cc3)cc2)cc1.